The maximum atomic E-state index is 13.3. The predicted molar refractivity (Wildman–Crippen MR) is 63.1 cm³/mol. The SMILES string of the molecule is Nc1ccc(F)c(C(=O)Nc2ccsc2)c1. The highest BCUT2D eigenvalue weighted by Gasteiger charge is 2.12. The van der Waals surface area contributed by atoms with Crippen LogP contribution in [0, 0.1) is 5.82 Å². The van der Waals surface area contributed by atoms with Crippen molar-refractivity contribution in [1.29, 1.82) is 0 Å². The lowest BCUT2D eigenvalue weighted by molar-refractivity contribution is 0.102. The van der Waals surface area contributed by atoms with Crippen molar-refractivity contribution < 1.29 is 9.18 Å². The molecule has 2 rings (SSSR count). The molecular formula is C11H9FN2OS. The van der Waals surface area contributed by atoms with E-state index in [1.54, 1.807) is 11.4 Å². The number of thiophene rings is 1. The summed E-state index contributed by atoms with van der Waals surface area (Å²) in [4.78, 5) is 11.7. The minimum absolute atomic E-state index is 0.0498. The van der Waals surface area contributed by atoms with Crippen LogP contribution in [0.15, 0.2) is 35.0 Å². The van der Waals surface area contributed by atoms with Crippen molar-refractivity contribution in [3.05, 3.63) is 46.4 Å². The van der Waals surface area contributed by atoms with Crippen LogP contribution < -0.4 is 11.1 Å². The number of anilines is 2. The van der Waals surface area contributed by atoms with E-state index in [4.69, 9.17) is 5.73 Å². The quantitative estimate of drug-likeness (QED) is 0.788. The molecule has 5 heteroatoms. The van der Waals surface area contributed by atoms with Gasteiger partial charge in [-0.1, -0.05) is 0 Å². The van der Waals surface area contributed by atoms with E-state index in [1.807, 2.05) is 5.38 Å². The Bertz CT molecular complexity index is 511. The van der Waals surface area contributed by atoms with Gasteiger partial charge in [0.1, 0.15) is 5.82 Å². The lowest BCUT2D eigenvalue weighted by Gasteiger charge is -2.04. The maximum absolute atomic E-state index is 13.3. The van der Waals surface area contributed by atoms with Crippen LogP contribution in [-0.4, -0.2) is 5.91 Å². The number of benzene rings is 1. The number of rotatable bonds is 2. The lowest BCUT2D eigenvalue weighted by Crippen LogP contribution is -2.13. The maximum Gasteiger partial charge on any atom is 0.258 e. The van der Waals surface area contributed by atoms with Gasteiger partial charge in [-0.25, -0.2) is 4.39 Å². The Labute approximate surface area is 95.7 Å². The van der Waals surface area contributed by atoms with Crippen LogP contribution in [0.3, 0.4) is 0 Å². The van der Waals surface area contributed by atoms with Crippen molar-refractivity contribution in [3.63, 3.8) is 0 Å². The molecular weight excluding hydrogens is 227 g/mol. The lowest BCUT2D eigenvalue weighted by atomic mass is 10.1. The van der Waals surface area contributed by atoms with E-state index in [0.29, 0.717) is 11.4 Å². The second-order valence-corrected chi connectivity index (χ2v) is 3.99. The summed E-state index contributed by atoms with van der Waals surface area (Å²) in [5.41, 5.74) is 6.45. The van der Waals surface area contributed by atoms with Gasteiger partial charge in [-0.3, -0.25) is 4.79 Å². The monoisotopic (exact) mass is 236 g/mol. The van der Waals surface area contributed by atoms with Crippen molar-refractivity contribution in [1.82, 2.24) is 0 Å². The Morgan fingerprint density at radius 3 is 2.88 bits per heavy atom. The largest absolute Gasteiger partial charge is 0.399 e. The summed E-state index contributed by atoms with van der Waals surface area (Å²) in [6, 6.07) is 5.65. The molecule has 0 saturated carbocycles. The molecule has 0 spiro atoms. The molecule has 3 N–H and O–H groups in total. The molecule has 2 aromatic rings. The van der Waals surface area contributed by atoms with E-state index in [9.17, 15) is 9.18 Å². The molecule has 1 aromatic carbocycles. The first-order chi connectivity index (χ1) is 7.66. The molecule has 0 aliphatic carbocycles. The first-order valence-corrected chi connectivity index (χ1v) is 5.49. The predicted octanol–water partition coefficient (Wildman–Crippen LogP) is 2.72. The van der Waals surface area contributed by atoms with Gasteiger partial charge in [0, 0.05) is 11.1 Å². The van der Waals surface area contributed by atoms with Gasteiger partial charge in [0.15, 0.2) is 0 Å². The summed E-state index contributed by atoms with van der Waals surface area (Å²) in [5, 5.41) is 6.17. The van der Waals surface area contributed by atoms with E-state index in [0.717, 1.165) is 0 Å². The first-order valence-electron chi connectivity index (χ1n) is 4.55. The van der Waals surface area contributed by atoms with Gasteiger partial charge in [0.05, 0.1) is 11.3 Å². The topological polar surface area (TPSA) is 55.1 Å². The number of amides is 1. The molecule has 0 aliphatic heterocycles. The summed E-state index contributed by atoms with van der Waals surface area (Å²) < 4.78 is 13.3. The van der Waals surface area contributed by atoms with Gasteiger partial charge >= 0.3 is 0 Å². The molecule has 1 aromatic heterocycles. The van der Waals surface area contributed by atoms with Crippen molar-refractivity contribution in [3.8, 4) is 0 Å². The third-order valence-corrected chi connectivity index (χ3v) is 2.70. The van der Waals surface area contributed by atoms with E-state index in [1.165, 1.54) is 29.5 Å². The van der Waals surface area contributed by atoms with Crippen LogP contribution in [0.5, 0.6) is 0 Å². The first kappa shape index (κ1) is 10.6. The molecule has 16 heavy (non-hydrogen) atoms. The van der Waals surface area contributed by atoms with Crippen molar-refractivity contribution in [2.75, 3.05) is 11.1 Å². The molecule has 1 heterocycles. The Hall–Kier alpha value is -1.88. The molecule has 0 bridgehead atoms. The van der Waals surface area contributed by atoms with Crippen LogP contribution in [-0.2, 0) is 0 Å². The Balaban J connectivity index is 2.24. The van der Waals surface area contributed by atoms with Gasteiger partial charge in [-0.05, 0) is 29.6 Å². The second-order valence-electron chi connectivity index (χ2n) is 3.21. The highest BCUT2D eigenvalue weighted by Crippen LogP contribution is 2.16. The normalized spacial score (nSPS) is 10.1. The van der Waals surface area contributed by atoms with Crippen molar-refractivity contribution >= 4 is 28.6 Å². The summed E-state index contributed by atoms with van der Waals surface area (Å²) in [5.74, 6) is -1.08. The summed E-state index contributed by atoms with van der Waals surface area (Å²) in [6.07, 6.45) is 0. The molecule has 3 nitrogen and oxygen atoms in total. The van der Waals surface area contributed by atoms with Gasteiger partial charge in [-0.15, -0.1) is 0 Å². The summed E-state index contributed by atoms with van der Waals surface area (Å²) >= 11 is 1.45. The standard InChI is InChI=1S/C11H9FN2OS/c12-10-2-1-7(13)5-9(10)11(15)14-8-3-4-16-6-8/h1-6H,13H2,(H,14,15). The molecule has 0 aliphatic rings. The van der Waals surface area contributed by atoms with Crippen LogP contribution >= 0.6 is 11.3 Å². The number of nitrogen functional groups attached to an aromatic ring is 1. The zero-order chi connectivity index (χ0) is 11.5. The van der Waals surface area contributed by atoms with E-state index >= 15 is 0 Å². The Morgan fingerprint density at radius 2 is 2.19 bits per heavy atom. The molecule has 0 fully saturated rings. The minimum Gasteiger partial charge on any atom is -0.399 e. The van der Waals surface area contributed by atoms with Crippen molar-refractivity contribution in [2.45, 2.75) is 0 Å². The van der Waals surface area contributed by atoms with Crippen LogP contribution in [0.4, 0.5) is 15.8 Å². The fourth-order valence-electron chi connectivity index (χ4n) is 1.25. The fourth-order valence-corrected chi connectivity index (χ4v) is 1.84. The smallest absolute Gasteiger partial charge is 0.258 e. The highest BCUT2D eigenvalue weighted by molar-refractivity contribution is 7.08. The minimum atomic E-state index is -0.582. The number of carbonyl (C=O) groups excluding carboxylic acids is 1. The van der Waals surface area contributed by atoms with Gasteiger partial charge in [0.25, 0.3) is 5.91 Å². The number of halogens is 1. The Morgan fingerprint density at radius 1 is 1.38 bits per heavy atom. The molecule has 0 saturated heterocycles. The zero-order valence-corrected chi connectivity index (χ0v) is 9.05. The summed E-state index contributed by atoms with van der Waals surface area (Å²) in [6.45, 7) is 0. The number of nitrogens with two attached hydrogens (primary N) is 1. The molecule has 1 amide bonds. The van der Waals surface area contributed by atoms with E-state index in [2.05, 4.69) is 5.32 Å². The van der Waals surface area contributed by atoms with E-state index < -0.39 is 11.7 Å². The summed E-state index contributed by atoms with van der Waals surface area (Å²) in [7, 11) is 0. The fraction of sp³-hybridized carbons (Fsp3) is 0. The average Bonchev–Trinajstić information content (AvgIpc) is 2.74. The van der Waals surface area contributed by atoms with Crippen LogP contribution in [0.1, 0.15) is 10.4 Å². The molecule has 0 radical (unpaired) electrons. The van der Waals surface area contributed by atoms with Crippen molar-refractivity contribution in [2.24, 2.45) is 0 Å². The number of hydrogen-bond donors (Lipinski definition) is 2. The van der Waals surface area contributed by atoms with Gasteiger partial charge in [-0.2, -0.15) is 11.3 Å². The zero-order valence-electron chi connectivity index (χ0n) is 8.24. The molecule has 82 valence electrons. The van der Waals surface area contributed by atoms with Gasteiger partial charge in [0.2, 0.25) is 0 Å². The number of hydrogen-bond acceptors (Lipinski definition) is 3. The third kappa shape index (κ3) is 2.20. The van der Waals surface area contributed by atoms with Crippen LogP contribution in [0.25, 0.3) is 0 Å². The van der Waals surface area contributed by atoms with Crippen LogP contribution in [0.2, 0.25) is 0 Å². The highest BCUT2D eigenvalue weighted by atomic mass is 32.1. The number of carbonyl (C=O) groups is 1. The molecule has 0 atom stereocenters. The number of nitrogens with one attached hydrogen (secondary N) is 1. The second kappa shape index (κ2) is 4.32. The van der Waals surface area contributed by atoms with E-state index in [-0.39, 0.29) is 5.56 Å². The van der Waals surface area contributed by atoms with Gasteiger partial charge < -0.3 is 11.1 Å². The average molecular weight is 236 g/mol. The Kier molecular flexibility index (Phi) is 2.87. The molecule has 0 unspecified atom stereocenters. The third-order valence-electron chi connectivity index (χ3n) is 2.01.